The van der Waals surface area contributed by atoms with Gasteiger partial charge in [-0.25, -0.2) is 0 Å². The molecule has 0 aliphatic rings. The highest BCUT2D eigenvalue weighted by Gasteiger charge is 2.11. The fourth-order valence-electron chi connectivity index (χ4n) is 1.59. The number of carbonyl (C=O) groups is 1. The molecule has 0 spiro atoms. The van der Waals surface area contributed by atoms with Gasteiger partial charge in [0, 0.05) is 18.7 Å². The third kappa shape index (κ3) is 4.63. The SMILES string of the molecule is C=CCNC(=O)COc1c(CNC)cccc1OC. The van der Waals surface area contributed by atoms with Crippen LogP contribution >= 0.6 is 0 Å². The van der Waals surface area contributed by atoms with Crippen molar-refractivity contribution in [3.05, 3.63) is 36.4 Å². The first kappa shape index (κ1) is 15.0. The Kier molecular flexibility index (Phi) is 6.46. The molecule has 0 saturated carbocycles. The summed E-state index contributed by atoms with van der Waals surface area (Å²) in [7, 11) is 3.42. The number of rotatable bonds is 8. The van der Waals surface area contributed by atoms with Gasteiger partial charge in [-0.1, -0.05) is 18.2 Å². The summed E-state index contributed by atoms with van der Waals surface area (Å²) in [6.45, 7) is 4.55. The van der Waals surface area contributed by atoms with Gasteiger partial charge >= 0.3 is 0 Å². The minimum atomic E-state index is -0.193. The normalized spacial score (nSPS) is 9.79. The van der Waals surface area contributed by atoms with Crippen LogP contribution in [-0.2, 0) is 11.3 Å². The number of para-hydroxylation sites is 1. The molecule has 1 aromatic carbocycles. The first-order valence-corrected chi connectivity index (χ1v) is 6.03. The minimum Gasteiger partial charge on any atom is -0.493 e. The largest absolute Gasteiger partial charge is 0.493 e. The third-order valence-corrected chi connectivity index (χ3v) is 2.44. The molecule has 0 bridgehead atoms. The maximum atomic E-state index is 11.5. The molecule has 104 valence electrons. The van der Waals surface area contributed by atoms with Crippen molar-refractivity contribution >= 4 is 5.91 Å². The summed E-state index contributed by atoms with van der Waals surface area (Å²) < 4.78 is 10.8. The zero-order valence-corrected chi connectivity index (χ0v) is 11.4. The Morgan fingerprint density at radius 1 is 1.47 bits per heavy atom. The second-order valence-electron chi connectivity index (χ2n) is 3.86. The van der Waals surface area contributed by atoms with Crippen molar-refractivity contribution in [3.8, 4) is 11.5 Å². The Hall–Kier alpha value is -2.01. The molecular weight excluding hydrogens is 244 g/mol. The topological polar surface area (TPSA) is 59.6 Å². The highest BCUT2D eigenvalue weighted by atomic mass is 16.5. The molecule has 1 rings (SSSR count). The van der Waals surface area contributed by atoms with Crippen LogP contribution < -0.4 is 20.1 Å². The highest BCUT2D eigenvalue weighted by molar-refractivity contribution is 5.77. The quantitative estimate of drug-likeness (QED) is 0.690. The number of amides is 1. The van der Waals surface area contributed by atoms with Crippen LogP contribution in [0.1, 0.15) is 5.56 Å². The summed E-state index contributed by atoms with van der Waals surface area (Å²) in [4.78, 5) is 11.5. The van der Waals surface area contributed by atoms with E-state index in [0.717, 1.165) is 5.56 Å². The van der Waals surface area contributed by atoms with Crippen LogP contribution in [0.3, 0.4) is 0 Å². The van der Waals surface area contributed by atoms with Gasteiger partial charge in [0.25, 0.3) is 5.91 Å². The first-order chi connectivity index (χ1) is 9.22. The predicted octanol–water partition coefficient (Wildman–Crippen LogP) is 1.10. The first-order valence-electron chi connectivity index (χ1n) is 6.03. The summed E-state index contributed by atoms with van der Waals surface area (Å²) in [6.07, 6.45) is 1.62. The predicted molar refractivity (Wildman–Crippen MR) is 74.5 cm³/mol. The summed E-state index contributed by atoms with van der Waals surface area (Å²) in [6, 6.07) is 5.61. The standard InChI is InChI=1S/C14H20N2O3/c1-4-8-16-13(17)10-19-14-11(9-15-2)6-5-7-12(14)18-3/h4-7,15H,1,8-10H2,2-3H3,(H,16,17). The third-order valence-electron chi connectivity index (χ3n) is 2.44. The Morgan fingerprint density at radius 3 is 2.89 bits per heavy atom. The van der Waals surface area contributed by atoms with Crippen LogP contribution in [0.15, 0.2) is 30.9 Å². The van der Waals surface area contributed by atoms with E-state index in [1.165, 1.54) is 0 Å². The van der Waals surface area contributed by atoms with Gasteiger partial charge in [0.1, 0.15) is 0 Å². The summed E-state index contributed by atoms with van der Waals surface area (Å²) >= 11 is 0. The van der Waals surface area contributed by atoms with Crippen molar-refractivity contribution in [1.82, 2.24) is 10.6 Å². The molecule has 0 unspecified atom stereocenters. The average molecular weight is 264 g/mol. The van der Waals surface area contributed by atoms with Crippen molar-refractivity contribution in [3.63, 3.8) is 0 Å². The highest BCUT2D eigenvalue weighted by Crippen LogP contribution is 2.30. The molecule has 1 amide bonds. The van der Waals surface area contributed by atoms with Gasteiger partial charge in [0.15, 0.2) is 18.1 Å². The van der Waals surface area contributed by atoms with Crippen LogP contribution in [0.2, 0.25) is 0 Å². The van der Waals surface area contributed by atoms with Gasteiger partial charge in [-0.2, -0.15) is 0 Å². The fraction of sp³-hybridized carbons (Fsp3) is 0.357. The van der Waals surface area contributed by atoms with E-state index in [1.54, 1.807) is 19.3 Å². The molecule has 0 fully saturated rings. The Morgan fingerprint density at radius 2 is 2.26 bits per heavy atom. The molecule has 0 aliphatic heterocycles. The fourth-order valence-corrected chi connectivity index (χ4v) is 1.59. The van der Waals surface area contributed by atoms with E-state index in [2.05, 4.69) is 17.2 Å². The Balaban J connectivity index is 2.74. The maximum absolute atomic E-state index is 11.5. The molecule has 5 nitrogen and oxygen atoms in total. The molecule has 5 heteroatoms. The molecular formula is C14H20N2O3. The lowest BCUT2D eigenvalue weighted by atomic mass is 10.2. The van der Waals surface area contributed by atoms with Crippen molar-refractivity contribution < 1.29 is 14.3 Å². The van der Waals surface area contributed by atoms with Crippen LogP contribution in [0.25, 0.3) is 0 Å². The molecule has 0 radical (unpaired) electrons. The molecule has 1 aromatic rings. The number of carbonyl (C=O) groups excluding carboxylic acids is 1. The number of ether oxygens (including phenoxy) is 2. The summed E-state index contributed by atoms with van der Waals surface area (Å²) in [5.74, 6) is 1.01. The monoisotopic (exact) mass is 264 g/mol. The van der Waals surface area contributed by atoms with Crippen molar-refractivity contribution in [1.29, 1.82) is 0 Å². The second-order valence-corrected chi connectivity index (χ2v) is 3.86. The number of hydrogen-bond donors (Lipinski definition) is 2. The van der Waals surface area contributed by atoms with Crippen LogP contribution in [0.4, 0.5) is 0 Å². The lowest BCUT2D eigenvalue weighted by Gasteiger charge is -2.14. The van der Waals surface area contributed by atoms with E-state index >= 15 is 0 Å². The van der Waals surface area contributed by atoms with Gasteiger partial charge in [-0.15, -0.1) is 6.58 Å². The molecule has 0 aromatic heterocycles. The van der Waals surface area contributed by atoms with Crippen LogP contribution in [0, 0.1) is 0 Å². The summed E-state index contributed by atoms with van der Waals surface area (Å²) in [5, 5.41) is 5.70. The number of nitrogens with one attached hydrogen (secondary N) is 2. The average Bonchev–Trinajstić information content (AvgIpc) is 2.43. The lowest BCUT2D eigenvalue weighted by molar-refractivity contribution is -0.122. The molecule has 0 atom stereocenters. The lowest BCUT2D eigenvalue weighted by Crippen LogP contribution is -2.29. The maximum Gasteiger partial charge on any atom is 0.258 e. The van der Waals surface area contributed by atoms with Gasteiger partial charge in [0.05, 0.1) is 7.11 Å². The van der Waals surface area contributed by atoms with E-state index in [4.69, 9.17) is 9.47 Å². The van der Waals surface area contributed by atoms with Gasteiger partial charge < -0.3 is 20.1 Å². The minimum absolute atomic E-state index is 0.0507. The Labute approximate surface area is 113 Å². The number of benzene rings is 1. The smallest absolute Gasteiger partial charge is 0.258 e. The van der Waals surface area contributed by atoms with Crippen LogP contribution in [0.5, 0.6) is 11.5 Å². The van der Waals surface area contributed by atoms with E-state index in [9.17, 15) is 4.79 Å². The van der Waals surface area contributed by atoms with E-state index in [1.807, 2.05) is 19.2 Å². The van der Waals surface area contributed by atoms with E-state index in [-0.39, 0.29) is 12.5 Å². The Bertz CT molecular complexity index is 433. The van der Waals surface area contributed by atoms with Gasteiger partial charge in [-0.05, 0) is 13.1 Å². The van der Waals surface area contributed by atoms with E-state index in [0.29, 0.717) is 24.6 Å². The zero-order valence-electron chi connectivity index (χ0n) is 11.4. The van der Waals surface area contributed by atoms with Gasteiger partial charge in [-0.3, -0.25) is 4.79 Å². The van der Waals surface area contributed by atoms with E-state index < -0.39 is 0 Å². The molecule has 19 heavy (non-hydrogen) atoms. The number of hydrogen-bond acceptors (Lipinski definition) is 4. The molecule has 0 aliphatic carbocycles. The summed E-state index contributed by atoms with van der Waals surface area (Å²) in [5.41, 5.74) is 0.943. The van der Waals surface area contributed by atoms with Gasteiger partial charge in [0.2, 0.25) is 0 Å². The van der Waals surface area contributed by atoms with Crippen molar-refractivity contribution in [2.75, 3.05) is 27.3 Å². The van der Waals surface area contributed by atoms with Crippen LogP contribution in [-0.4, -0.2) is 33.2 Å². The second kappa shape index (κ2) is 8.16. The van der Waals surface area contributed by atoms with Crippen molar-refractivity contribution in [2.45, 2.75) is 6.54 Å². The molecule has 0 heterocycles. The molecule has 2 N–H and O–H groups in total. The molecule has 0 saturated heterocycles. The number of methoxy groups -OCH3 is 1. The van der Waals surface area contributed by atoms with Crippen molar-refractivity contribution in [2.24, 2.45) is 0 Å². The zero-order chi connectivity index (χ0) is 14.1.